The van der Waals surface area contributed by atoms with E-state index in [1.54, 1.807) is 6.07 Å². The van der Waals surface area contributed by atoms with Gasteiger partial charge in [0.05, 0.1) is 4.92 Å². The Bertz CT molecular complexity index is 708. The summed E-state index contributed by atoms with van der Waals surface area (Å²) >= 11 is 3.37. The number of hydrogen-bond acceptors (Lipinski definition) is 3. The van der Waals surface area contributed by atoms with E-state index in [0.717, 1.165) is 21.8 Å². The largest absolute Gasteiger partial charge is 0.381 e. The summed E-state index contributed by atoms with van der Waals surface area (Å²) in [4.78, 5) is 9.78. The molecule has 0 saturated carbocycles. The summed E-state index contributed by atoms with van der Waals surface area (Å²) in [6.07, 6.45) is 0. The highest BCUT2D eigenvalue weighted by atomic mass is 79.9. The van der Waals surface area contributed by atoms with E-state index in [0.29, 0.717) is 6.07 Å². The zero-order valence-electron chi connectivity index (χ0n) is 11.0. The Kier molecular flexibility index (Phi) is 4.52. The third-order valence-corrected chi connectivity index (χ3v) is 3.82. The van der Waals surface area contributed by atoms with E-state index in [1.807, 2.05) is 19.1 Å². The minimum atomic E-state index is -1.18. The molecule has 0 fully saturated rings. The second-order valence-electron chi connectivity index (χ2n) is 4.47. The molecule has 0 aromatic heterocycles. The van der Waals surface area contributed by atoms with E-state index in [9.17, 15) is 18.9 Å². The monoisotopic (exact) mass is 356 g/mol. The number of nitrogens with one attached hydrogen (secondary N) is 1. The van der Waals surface area contributed by atoms with Crippen LogP contribution in [0, 0.1) is 28.7 Å². The summed E-state index contributed by atoms with van der Waals surface area (Å²) in [6, 6.07) is 6.91. The van der Waals surface area contributed by atoms with Crippen LogP contribution in [0.5, 0.6) is 0 Å². The van der Waals surface area contributed by atoms with E-state index >= 15 is 0 Å². The van der Waals surface area contributed by atoms with Gasteiger partial charge in [-0.05, 0) is 24.6 Å². The molecule has 21 heavy (non-hydrogen) atoms. The van der Waals surface area contributed by atoms with Crippen molar-refractivity contribution in [1.29, 1.82) is 0 Å². The van der Waals surface area contributed by atoms with Gasteiger partial charge < -0.3 is 5.32 Å². The van der Waals surface area contributed by atoms with Crippen LogP contribution in [0.1, 0.15) is 11.1 Å². The van der Waals surface area contributed by atoms with Gasteiger partial charge >= 0.3 is 5.69 Å². The van der Waals surface area contributed by atoms with E-state index in [-0.39, 0.29) is 12.1 Å². The summed E-state index contributed by atoms with van der Waals surface area (Å²) in [6.45, 7) is 1.94. The molecule has 0 radical (unpaired) electrons. The van der Waals surface area contributed by atoms with Crippen LogP contribution in [-0.2, 0) is 6.54 Å². The number of nitro benzene ring substituents is 1. The van der Waals surface area contributed by atoms with Gasteiger partial charge in [-0.2, -0.15) is 4.39 Å². The van der Waals surface area contributed by atoms with Gasteiger partial charge in [0, 0.05) is 34.4 Å². The molecule has 0 atom stereocenters. The Morgan fingerprint density at radius 2 is 1.95 bits per heavy atom. The Hall–Kier alpha value is -2.02. The van der Waals surface area contributed by atoms with Crippen molar-refractivity contribution in [2.45, 2.75) is 13.5 Å². The molecule has 0 unspecified atom stereocenters. The van der Waals surface area contributed by atoms with Gasteiger partial charge in [-0.3, -0.25) is 10.1 Å². The third kappa shape index (κ3) is 3.55. The maximum absolute atomic E-state index is 13.6. The van der Waals surface area contributed by atoms with Crippen molar-refractivity contribution < 1.29 is 13.7 Å². The zero-order chi connectivity index (χ0) is 15.6. The second-order valence-corrected chi connectivity index (χ2v) is 5.32. The molecule has 1 N–H and O–H groups in total. The first-order valence-electron chi connectivity index (χ1n) is 6.01. The first-order valence-corrected chi connectivity index (χ1v) is 6.80. The molecule has 7 heteroatoms. The van der Waals surface area contributed by atoms with Crippen LogP contribution in [0.2, 0.25) is 0 Å². The van der Waals surface area contributed by atoms with Gasteiger partial charge in [0.25, 0.3) is 0 Å². The van der Waals surface area contributed by atoms with Gasteiger partial charge in [0.2, 0.25) is 5.82 Å². The quantitative estimate of drug-likeness (QED) is 0.645. The molecule has 0 bridgehead atoms. The molecule has 0 aliphatic carbocycles. The molecule has 0 aliphatic rings. The van der Waals surface area contributed by atoms with Crippen molar-refractivity contribution in [3.05, 3.63) is 67.7 Å². The molecule has 0 spiro atoms. The topological polar surface area (TPSA) is 55.2 Å². The van der Waals surface area contributed by atoms with Gasteiger partial charge in [-0.25, -0.2) is 4.39 Å². The molecular formula is C14H11BrF2N2O2. The van der Waals surface area contributed by atoms with Gasteiger partial charge in [0.1, 0.15) is 5.82 Å². The van der Waals surface area contributed by atoms with Crippen LogP contribution in [-0.4, -0.2) is 4.92 Å². The summed E-state index contributed by atoms with van der Waals surface area (Å²) in [7, 11) is 0. The number of rotatable bonds is 4. The maximum atomic E-state index is 13.6. The van der Waals surface area contributed by atoms with Crippen molar-refractivity contribution >= 4 is 27.3 Å². The first kappa shape index (κ1) is 15.4. The Labute approximate surface area is 128 Å². The predicted octanol–water partition coefficient (Wildman–Crippen LogP) is 4.56. The number of benzene rings is 2. The van der Waals surface area contributed by atoms with Crippen molar-refractivity contribution in [3.63, 3.8) is 0 Å². The first-order chi connectivity index (χ1) is 9.88. The molecular weight excluding hydrogens is 346 g/mol. The Morgan fingerprint density at radius 3 is 2.57 bits per heavy atom. The summed E-state index contributed by atoms with van der Waals surface area (Å²) in [5.41, 5.74) is 1.06. The summed E-state index contributed by atoms with van der Waals surface area (Å²) in [5.74, 6) is -2.00. The van der Waals surface area contributed by atoms with Gasteiger partial charge in [-0.1, -0.05) is 22.0 Å². The molecule has 110 valence electrons. The molecule has 0 amide bonds. The standard InChI is InChI=1S/C14H11BrF2N2O2/c1-8-2-3-10(5-11(8)15)18-7-9-4-14(19(20)21)13(17)6-12(9)16/h2-6,18H,7H2,1H3. The fraction of sp³-hybridized carbons (Fsp3) is 0.143. The molecule has 4 nitrogen and oxygen atoms in total. The average molecular weight is 357 g/mol. The minimum Gasteiger partial charge on any atom is -0.381 e. The zero-order valence-corrected chi connectivity index (χ0v) is 12.6. The maximum Gasteiger partial charge on any atom is 0.305 e. The van der Waals surface area contributed by atoms with Crippen molar-refractivity contribution in [3.8, 4) is 0 Å². The Balaban J connectivity index is 2.21. The van der Waals surface area contributed by atoms with Crippen LogP contribution in [0.3, 0.4) is 0 Å². The predicted molar refractivity (Wildman–Crippen MR) is 79.2 cm³/mol. The highest BCUT2D eigenvalue weighted by Crippen LogP contribution is 2.24. The van der Waals surface area contributed by atoms with Gasteiger partial charge in [-0.15, -0.1) is 0 Å². The molecule has 0 saturated heterocycles. The molecule has 0 aliphatic heterocycles. The lowest BCUT2D eigenvalue weighted by Gasteiger charge is -2.09. The van der Waals surface area contributed by atoms with Crippen molar-refractivity contribution in [2.75, 3.05) is 5.32 Å². The van der Waals surface area contributed by atoms with Crippen LogP contribution >= 0.6 is 15.9 Å². The highest BCUT2D eigenvalue weighted by molar-refractivity contribution is 9.10. The molecule has 2 aromatic carbocycles. The number of nitro groups is 1. The SMILES string of the molecule is Cc1ccc(NCc2cc([N+](=O)[O-])c(F)cc2F)cc1Br. The fourth-order valence-electron chi connectivity index (χ4n) is 1.76. The summed E-state index contributed by atoms with van der Waals surface area (Å²) < 4.78 is 27.7. The lowest BCUT2D eigenvalue weighted by molar-refractivity contribution is -0.387. The van der Waals surface area contributed by atoms with E-state index in [1.165, 1.54) is 0 Å². The Morgan fingerprint density at radius 1 is 1.24 bits per heavy atom. The number of aryl methyl sites for hydroxylation is 1. The number of halogens is 3. The number of anilines is 1. The third-order valence-electron chi connectivity index (χ3n) is 2.97. The fourth-order valence-corrected chi connectivity index (χ4v) is 2.14. The minimum absolute atomic E-state index is 0.0163. The highest BCUT2D eigenvalue weighted by Gasteiger charge is 2.18. The van der Waals surface area contributed by atoms with Crippen LogP contribution < -0.4 is 5.32 Å². The number of hydrogen-bond donors (Lipinski definition) is 1. The van der Waals surface area contributed by atoms with Crippen LogP contribution in [0.15, 0.2) is 34.8 Å². The molecule has 2 rings (SSSR count). The smallest absolute Gasteiger partial charge is 0.305 e. The molecule has 2 aromatic rings. The van der Waals surface area contributed by atoms with Crippen LogP contribution in [0.4, 0.5) is 20.2 Å². The van der Waals surface area contributed by atoms with E-state index < -0.39 is 22.2 Å². The van der Waals surface area contributed by atoms with Crippen molar-refractivity contribution in [2.24, 2.45) is 0 Å². The average Bonchev–Trinajstić information content (AvgIpc) is 2.41. The van der Waals surface area contributed by atoms with Gasteiger partial charge in [0.15, 0.2) is 0 Å². The lowest BCUT2D eigenvalue weighted by Crippen LogP contribution is -2.04. The second kappa shape index (κ2) is 6.17. The summed E-state index contributed by atoms with van der Waals surface area (Å²) in [5, 5.41) is 13.6. The lowest BCUT2D eigenvalue weighted by atomic mass is 10.1. The van der Waals surface area contributed by atoms with E-state index in [4.69, 9.17) is 0 Å². The van der Waals surface area contributed by atoms with Crippen molar-refractivity contribution in [1.82, 2.24) is 0 Å². The molecule has 0 heterocycles. The number of nitrogens with zero attached hydrogens (tertiary/aromatic N) is 1. The normalized spacial score (nSPS) is 10.5. The van der Waals surface area contributed by atoms with Crippen LogP contribution in [0.25, 0.3) is 0 Å². The van der Waals surface area contributed by atoms with E-state index in [2.05, 4.69) is 21.2 Å².